The summed E-state index contributed by atoms with van der Waals surface area (Å²) in [5.74, 6) is -0.407. The zero-order valence-electron chi connectivity index (χ0n) is 10.7. The fraction of sp³-hybridized carbons (Fsp3) is 0.0625. The lowest BCUT2D eigenvalue weighted by Crippen LogP contribution is -2.14. The van der Waals surface area contributed by atoms with Crippen molar-refractivity contribution in [3.8, 4) is 0 Å². The van der Waals surface area contributed by atoms with Gasteiger partial charge >= 0.3 is 0 Å². The second-order valence-corrected chi connectivity index (χ2v) is 5.04. The topological polar surface area (TPSA) is 48.0 Å². The predicted octanol–water partition coefficient (Wildman–Crippen LogP) is 3.44. The van der Waals surface area contributed by atoms with E-state index in [1.807, 2.05) is 48.7 Å². The molecular weight excluding hydrogens is 272 g/mol. The number of amides is 1. The Bertz CT molecular complexity index is 792. The van der Waals surface area contributed by atoms with Crippen molar-refractivity contribution in [1.82, 2.24) is 4.57 Å². The van der Waals surface area contributed by atoms with Crippen molar-refractivity contribution in [3.05, 3.63) is 70.9 Å². The van der Waals surface area contributed by atoms with Crippen LogP contribution in [0.15, 0.2) is 54.7 Å². The van der Waals surface area contributed by atoms with Gasteiger partial charge in [-0.2, -0.15) is 0 Å². The molecule has 20 heavy (non-hydrogen) atoms. The Morgan fingerprint density at radius 1 is 1.10 bits per heavy atom. The molecule has 2 N–H and O–H groups in total. The van der Waals surface area contributed by atoms with E-state index < -0.39 is 5.91 Å². The molecule has 0 atom stereocenters. The van der Waals surface area contributed by atoms with E-state index in [0.717, 1.165) is 21.5 Å². The van der Waals surface area contributed by atoms with E-state index in [1.54, 1.807) is 6.07 Å². The van der Waals surface area contributed by atoms with Crippen LogP contribution < -0.4 is 5.73 Å². The molecule has 0 fully saturated rings. The van der Waals surface area contributed by atoms with Gasteiger partial charge in [0.1, 0.15) is 0 Å². The van der Waals surface area contributed by atoms with Crippen LogP contribution in [-0.4, -0.2) is 10.5 Å². The Hall–Kier alpha value is -2.26. The third-order valence-electron chi connectivity index (χ3n) is 3.38. The van der Waals surface area contributed by atoms with Gasteiger partial charge in [-0.05, 0) is 29.8 Å². The van der Waals surface area contributed by atoms with Crippen LogP contribution in [0.2, 0.25) is 5.02 Å². The second kappa shape index (κ2) is 5.02. The number of nitrogens with two attached hydrogens (primary N) is 1. The van der Waals surface area contributed by atoms with Gasteiger partial charge in [0.25, 0.3) is 0 Å². The molecule has 0 unspecified atom stereocenters. The SMILES string of the molecule is NC(=O)c1ccccc1Cn1ccc2c(Cl)cccc21. The smallest absolute Gasteiger partial charge is 0.249 e. The molecular formula is C16H13ClN2O. The van der Waals surface area contributed by atoms with E-state index in [0.29, 0.717) is 12.1 Å². The van der Waals surface area contributed by atoms with Gasteiger partial charge < -0.3 is 10.3 Å². The number of rotatable bonds is 3. The van der Waals surface area contributed by atoms with Crippen molar-refractivity contribution in [3.63, 3.8) is 0 Å². The second-order valence-electron chi connectivity index (χ2n) is 4.64. The van der Waals surface area contributed by atoms with E-state index in [1.165, 1.54) is 0 Å². The van der Waals surface area contributed by atoms with Crippen molar-refractivity contribution < 1.29 is 4.79 Å². The molecule has 0 aliphatic rings. The van der Waals surface area contributed by atoms with Crippen molar-refractivity contribution in [2.75, 3.05) is 0 Å². The van der Waals surface area contributed by atoms with E-state index in [-0.39, 0.29) is 0 Å². The highest BCUT2D eigenvalue weighted by atomic mass is 35.5. The minimum absolute atomic E-state index is 0.407. The fourth-order valence-corrected chi connectivity index (χ4v) is 2.64. The van der Waals surface area contributed by atoms with Crippen molar-refractivity contribution in [2.24, 2.45) is 5.73 Å². The highest BCUT2D eigenvalue weighted by Gasteiger charge is 2.09. The summed E-state index contributed by atoms with van der Waals surface area (Å²) in [6, 6.07) is 15.1. The molecule has 0 radical (unpaired) electrons. The van der Waals surface area contributed by atoms with Gasteiger partial charge in [0.05, 0.1) is 0 Å². The summed E-state index contributed by atoms with van der Waals surface area (Å²) in [6.45, 7) is 0.586. The van der Waals surface area contributed by atoms with Gasteiger partial charge in [0.2, 0.25) is 5.91 Å². The summed E-state index contributed by atoms with van der Waals surface area (Å²) >= 11 is 6.17. The third kappa shape index (κ3) is 2.17. The Morgan fingerprint density at radius 3 is 2.70 bits per heavy atom. The highest BCUT2D eigenvalue weighted by molar-refractivity contribution is 6.35. The minimum Gasteiger partial charge on any atom is -0.366 e. The maximum absolute atomic E-state index is 11.5. The van der Waals surface area contributed by atoms with Gasteiger partial charge in [-0.25, -0.2) is 0 Å². The average molecular weight is 285 g/mol. The fourth-order valence-electron chi connectivity index (χ4n) is 2.41. The summed E-state index contributed by atoms with van der Waals surface area (Å²) in [5, 5.41) is 1.73. The number of carbonyl (C=O) groups is 1. The van der Waals surface area contributed by atoms with Crippen LogP contribution in [0.5, 0.6) is 0 Å². The van der Waals surface area contributed by atoms with Crippen LogP contribution in [0.25, 0.3) is 10.9 Å². The molecule has 1 amide bonds. The summed E-state index contributed by atoms with van der Waals surface area (Å²) < 4.78 is 2.06. The molecule has 0 spiro atoms. The number of nitrogens with zero attached hydrogens (tertiary/aromatic N) is 1. The van der Waals surface area contributed by atoms with Gasteiger partial charge in [0, 0.05) is 34.2 Å². The number of hydrogen-bond donors (Lipinski definition) is 1. The Kier molecular flexibility index (Phi) is 3.20. The molecule has 0 bridgehead atoms. The molecule has 3 rings (SSSR count). The summed E-state index contributed by atoms with van der Waals surface area (Å²) in [4.78, 5) is 11.5. The molecule has 2 aromatic carbocycles. The number of hydrogen-bond acceptors (Lipinski definition) is 1. The average Bonchev–Trinajstić information content (AvgIpc) is 2.84. The Labute approximate surface area is 121 Å². The zero-order chi connectivity index (χ0) is 14.1. The van der Waals surface area contributed by atoms with Gasteiger partial charge in [0.15, 0.2) is 0 Å². The van der Waals surface area contributed by atoms with Gasteiger partial charge in [-0.15, -0.1) is 0 Å². The van der Waals surface area contributed by atoms with Crippen LogP contribution >= 0.6 is 11.6 Å². The standard InChI is InChI=1S/C16H13ClN2O/c17-14-6-3-7-15-13(14)8-9-19(15)10-11-4-1-2-5-12(11)16(18)20/h1-9H,10H2,(H2,18,20). The predicted molar refractivity (Wildman–Crippen MR) is 81.0 cm³/mol. The van der Waals surface area contributed by atoms with Crippen LogP contribution in [-0.2, 0) is 6.54 Å². The summed E-state index contributed by atoms with van der Waals surface area (Å²) in [7, 11) is 0. The number of primary amides is 1. The van der Waals surface area contributed by atoms with E-state index in [9.17, 15) is 4.79 Å². The normalized spacial score (nSPS) is 10.8. The van der Waals surface area contributed by atoms with Crippen LogP contribution in [0, 0.1) is 0 Å². The number of carbonyl (C=O) groups excluding carboxylic acids is 1. The van der Waals surface area contributed by atoms with Crippen molar-refractivity contribution in [2.45, 2.75) is 6.54 Å². The molecule has 3 aromatic rings. The molecule has 1 aromatic heterocycles. The van der Waals surface area contributed by atoms with Crippen molar-refractivity contribution >= 4 is 28.4 Å². The monoisotopic (exact) mass is 284 g/mol. The van der Waals surface area contributed by atoms with E-state index in [4.69, 9.17) is 17.3 Å². The summed E-state index contributed by atoms with van der Waals surface area (Å²) in [6.07, 6.45) is 1.97. The first-order valence-corrected chi connectivity index (χ1v) is 6.65. The van der Waals surface area contributed by atoms with Crippen LogP contribution in [0.3, 0.4) is 0 Å². The van der Waals surface area contributed by atoms with E-state index >= 15 is 0 Å². The van der Waals surface area contributed by atoms with Crippen molar-refractivity contribution in [1.29, 1.82) is 0 Å². The quantitative estimate of drug-likeness (QED) is 0.787. The first-order chi connectivity index (χ1) is 9.66. The minimum atomic E-state index is -0.407. The molecule has 4 heteroatoms. The number of fused-ring (bicyclic) bond motifs is 1. The largest absolute Gasteiger partial charge is 0.366 e. The van der Waals surface area contributed by atoms with E-state index in [2.05, 4.69) is 4.57 Å². The number of benzene rings is 2. The number of aromatic nitrogens is 1. The lowest BCUT2D eigenvalue weighted by molar-refractivity contribution is 0.0999. The maximum Gasteiger partial charge on any atom is 0.249 e. The van der Waals surface area contributed by atoms with Crippen LogP contribution in [0.1, 0.15) is 15.9 Å². The molecule has 0 saturated carbocycles. The van der Waals surface area contributed by atoms with Gasteiger partial charge in [-0.1, -0.05) is 35.9 Å². The zero-order valence-corrected chi connectivity index (χ0v) is 11.5. The lowest BCUT2D eigenvalue weighted by atomic mass is 10.1. The third-order valence-corrected chi connectivity index (χ3v) is 3.71. The first kappa shape index (κ1) is 12.8. The summed E-state index contributed by atoms with van der Waals surface area (Å²) in [5.41, 5.74) is 7.90. The molecule has 1 heterocycles. The van der Waals surface area contributed by atoms with Gasteiger partial charge in [-0.3, -0.25) is 4.79 Å². The molecule has 100 valence electrons. The number of halogens is 1. The Balaban J connectivity index is 2.06. The Morgan fingerprint density at radius 2 is 1.90 bits per heavy atom. The molecule has 0 aliphatic heterocycles. The lowest BCUT2D eigenvalue weighted by Gasteiger charge is -2.09. The highest BCUT2D eigenvalue weighted by Crippen LogP contribution is 2.25. The first-order valence-electron chi connectivity index (χ1n) is 6.28. The molecule has 0 saturated heterocycles. The molecule has 3 nitrogen and oxygen atoms in total. The maximum atomic E-state index is 11.5. The van der Waals surface area contributed by atoms with Crippen LogP contribution in [0.4, 0.5) is 0 Å². The molecule has 0 aliphatic carbocycles.